The first-order chi connectivity index (χ1) is 10.7. The third kappa shape index (κ3) is 3.08. The van der Waals surface area contributed by atoms with E-state index >= 15 is 0 Å². The van der Waals surface area contributed by atoms with Crippen LogP contribution in [0.3, 0.4) is 0 Å². The van der Waals surface area contributed by atoms with Crippen molar-refractivity contribution in [1.82, 2.24) is 4.90 Å². The lowest BCUT2D eigenvalue weighted by Crippen LogP contribution is -2.48. The molecule has 0 saturated carbocycles. The van der Waals surface area contributed by atoms with Crippen LogP contribution in [0.4, 0.5) is 11.4 Å². The van der Waals surface area contributed by atoms with Gasteiger partial charge in [-0.15, -0.1) is 0 Å². The van der Waals surface area contributed by atoms with E-state index in [1.54, 1.807) is 0 Å². The average molecular weight is 301 g/mol. The lowest BCUT2D eigenvalue weighted by molar-refractivity contribution is -0.131. The van der Waals surface area contributed by atoms with Gasteiger partial charge in [0.2, 0.25) is 11.8 Å². The van der Waals surface area contributed by atoms with Crippen LogP contribution in [0.25, 0.3) is 0 Å². The number of aryl methyl sites for hydroxylation is 1. The third-order valence-corrected chi connectivity index (χ3v) is 4.45. The summed E-state index contributed by atoms with van der Waals surface area (Å²) in [5, 5.41) is 2.92. The molecular weight excluding hydrogens is 278 g/mol. The predicted molar refractivity (Wildman–Crippen MR) is 87.1 cm³/mol. The molecule has 5 nitrogen and oxygen atoms in total. The summed E-state index contributed by atoms with van der Waals surface area (Å²) in [6.45, 7) is 5.39. The van der Waals surface area contributed by atoms with Gasteiger partial charge in [-0.2, -0.15) is 0 Å². The molecule has 1 aromatic rings. The Morgan fingerprint density at radius 2 is 1.95 bits per heavy atom. The molecule has 0 spiro atoms. The largest absolute Gasteiger partial charge is 0.368 e. The Bertz CT molecular complexity index is 577. The summed E-state index contributed by atoms with van der Waals surface area (Å²) in [4.78, 5) is 27.6. The number of nitrogens with zero attached hydrogens (tertiary/aromatic N) is 2. The number of hydrogen-bond acceptors (Lipinski definition) is 3. The molecule has 0 atom stereocenters. The van der Waals surface area contributed by atoms with Gasteiger partial charge in [0, 0.05) is 50.4 Å². The fourth-order valence-electron chi connectivity index (χ4n) is 3.15. The number of carbonyl (C=O) groups is 2. The molecule has 5 heteroatoms. The van der Waals surface area contributed by atoms with Crippen molar-refractivity contribution in [3.8, 4) is 0 Å². The number of anilines is 2. The van der Waals surface area contributed by atoms with E-state index in [2.05, 4.69) is 22.3 Å². The number of nitrogens with one attached hydrogen (secondary N) is 1. The summed E-state index contributed by atoms with van der Waals surface area (Å²) in [6.07, 6.45) is 2.94. The van der Waals surface area contributed by atoms with Gasteiger partial charge < -0.3 is 15.1 Å². The molecule has 0 bridgehead atoms. The smallest absolute Gasteiger partial charge is 0.224 e. The molecule has 3 rings (SSSR count). The molecule has 0 unspecified atom stereocenters. The number of piperazine rings is 1. The Hall–Kier alpha value is -2.04. The maximum Gasteiger partial charge on any atom is 0.224 e. The van der Waals surface area contributed by atoms with Crippen LogP contribution in [0, 0.1) is 0 Å². The van der Waals surface area contributed by atoms with Gasteiger partial charge in [-0.05, 0) is 36.6 Å². The molecule has 1 fully saturated rings. The molecule has 2 aliphatic heterocycles. The molecule has 0 aromatic heterocycles. The van der Waals surface area contributed by atoms with Crippen molar-refractivity contribution in [2.24, 2.45) is 0 Å². The Morgan fingerprint density at radius 3 is 2.68 bits per heavy atom. The Labute approximate surface area is 131 Å². The van der Waals surface area contributed by atoms with E-state index in [9.17, 15) is 9.59 Å². The van der Waals surface area contributed by atoms with E-state index in [1.807, 2.05) is 17.9 Å². The minimum atomic E-state index is 0.100. The summed E-state index contributed by atoms with van der Waals surface area (Å²) in [5.74, 6) is 0.374. The number of rotatable bonds is 3. The monoisotopic (exact) mass is 301 g/mol. The topological polar surface area (TPSA) is 52.7 Å². The zero-order chi connectivity index (χ0) is 15.5. The molecule has 2 amide bonds. The van der Waals surface area contributed by atoms with Crippen molar-refractivity contribution in [2.75, 3.05) is 36.4 Å². The maximum absolute atomic E-state index is 11.9. The molecule has 2 heterocycles. The second-order valence-electron chi connectivity index (χ2n) is 6.01. The van der Waals surface area contributed by atoms with Crippen LogP contribution in [-0.4, -0.2) is 42.9 Å². The summed E-state index contributed by atoms with van der Waals surface area (Å²) < 4.78 is 0. The molecule has 1 aromatic carbocycles. The van der Waals surface area contributed by atoms with Crippen LogP contribution in [0.2, 0.25) is 0 Å². The van der Waals surface area contributed by atoms with E-state index in [0.717, 1.165) is 44.7 Å². The first-order valence-corrected chi connectivity index (χ1v) is 8.13. The van der Waals surface area contributed by atoms with E-state index in [0.29, 0.717) is 12.8 Å². The molecule has 0 radical (unpaired) electrons. The van der Waals surface area contributed by atoms with Gasteiger partial charge in [-0.25, -0.2) is 0 Å². The van der Waals surface area contributed by atoms with E-state index < -0.39 is 0 Å². The van der Waals surface area contributed by atoms with Gasteiger partial charge in [0.15, 0.2) is 0 Å². The highest BCUT2D eigenvalue weighted by Crippen LogP contribution is 2.28. The number of carbonyl (C=O) groups excluding carboxylic acids is 2. The minimum absolute atomic E-state index is 0.100. The predicted octanol–water partition coefficient (Wildman–Crippen LogP) is 2.02. The van der Waals surface area contributed by atoms with Crippen molar-refractivity contribution in [3.05, 3.63) is 23.8 Å². The minimum Gasteiger partial charge on any atom is -0.368 e. The average Bonchev–Trinajstić information content (AvgIpc) is 2.55. The lowest BCUT2D eigenvalue weighted by atomic mass is 10.0. The van der Waals surface area contributed by atoms with Crippen LogP contribution < -0.4 is 10.2 Å². The second-order valence-corrected chi connectivity index (χ2v) is 6.01. The zero-order valence-corrected chi connectivity index (χ0v) is 13.1. The van der Waals surface area contributed by atoms with Crippen LogP contribution >= 0.6 is 0 Å². The summed E-state index contributed by atoms with van der Waals surface area (Å²) in [7, 11) is 0. The normalized spacial score (nSPS) is 18.0. The maximum atomic E-state index is 11.9. The fraction of sp³-hybridized carbons (Fsp3) is 0.529. The van der Waals surface area contributed by atoms with Crippen molar-refractivity contribution in [1.29, 1.82) is 0 Å². The van der Waals surface area contributed by atoms with Crippen LogP contribution in [-0.2, 0) is 16.0 Å². The highest BCUT2D eigenvalue weighted by molar-refractivity contribution is 5.94. The van der Waals surface area contributed by atoms with Crippen molar-refractivity contribution in [3.63, 3.8) is 0 Å². The van der Waals surface area contributed by atoms with Crippen LogP contribution in [0.5, 0.6) is 0 Å². The highest BCUT2D eigenvalue weighted by atomic mass is 16.2. The molecular formula is C17H23N3O2. The highest BCUT2D eigenvalue weighted by Gasteiger charge is 2.22. The van der Waals surface area contributed by atoms with Crippen molar-refractivity contribution >= 4 is 23.2 Å². The standard InChI is InChI=1S/C17H23N3O2/c1-2-3-17(22)20-10-8-19(9-11-20)14-5-6-15-13(12-14)4-7-16(21)18-15/h5-6,12H,2-4,7-11H2,1H3,(H,18,21). The zero-order valence-electron chi connectivity index (χ0n) is 13.1. The van der Waals surface area contributed by atoms with Gasteiger partial charge in [-0.3, -0.25) is 9.59 Å². The van der Waals surface area contributed by atoms with Crippen molar-refractivity contribution < 1.29 is 9.59 Å². The Balaban J connectivity index is 1.64. The van der Waals surface area contributed by atoms with Crippen LogP contribution in [0.15, 0.2) is 18.2 Å². The Kier molecular flexibility index (Phi) is 4.32. The first-order valence-electron chi connectivity index (χ1n) is 8.13. The summed E-state index contributed by atoms with van der Waals surface area (Å²) >= 11 is 0. The van der Waals surface area contributed by atoms with Crippen LogP contribution in [0.1, 0.15) is 31.7 Å². The SMILES string of the molecule is CCCC(=O)N1CCN(c2ccc3c(c2)CCC(=O)N3)CC1. The van der Waals surface area contributed by atoms with Gasteiger partial charge >= 0.3 is 0 Å². The molecule has 118 valence electrons. The van der Waals surface area contributed by atoms with Gasteiger partial charge in [0.05, 0.1) is 0 Å². The second kappa shape index (κ2) is 6.38. The summed E-state index contributed by atoms with van der Waals surface area (Å²) in [6, 6.07) is 6.24. The molecule has 22 heavy (non-hydrogen) atoms. The van der Waals surface area contributed by atoms with E-state index in [-0.39, 0.29) is 11.8 Å². The molecule has 2 aliphatic rings. The molecule has 0 aliphatic carbocycles. The lowest BCUT2D eigenvalue weighted by Gasteiger charge is -2.36. The van der Waals surface area contributed by atoms with Gasteiger partial charge in [0.25, 0.3) is 0 Å². The number of benzene rings is 1. The third-order valence-electron chi connectivity index (χ3n) is 4.45. The van der Waals surface area contributed by atoms with Gasteiger partial charge in [-0.1, -0.05) is 6.92 Å². The summed E-state index contributed by atoms with van der Waals surface area (Å²) in [5.41, 5.74) is 3.34. The van der Waals surface area contributed by atoms with E-state index in [4.69, 9.17) is 0 Å². The van der Waals surface area contributed by atoms with Crippen molar-refractivity contribution in [2.45, 2.75) is 32.6 Å². The number of fused-ring (bicyclic) bond motifs is 1. The number of hydrogen-bond donors (Lipinski definition) is 1. The molecule has 1 N–H and O–H groups in total. The number of amides is 2. The first kappa shape index (κ1) is 14.9. The quantitative estimate of drug-likeness (QED) is 0.929. The van der Waals surface area contributed by atoms with Gasteiger partial charge in [0.1, 0.15) is 0 Å². The Morgan fingerprint density at radius 1 is 1.18 bits per heavy atom. The van der Waals surface area contributed by atoms with E-state index in [1.165, 1.54) is 11.3 Å². The fourth-order valence-corrected chi connectivity index (χ4v) is 3.15. The molecule has 1 saturated heterocycles.